The Labute approximate surface area is 177 Å². The first kappa shape index (κ1) is 20.7. The number of benzene rings is 2. The quantitative estimate of drug-likeness (QED) is 0.702. The number of methoxy groups -OCH3 is 1. The normalized spacial score (nSPS) is 16.9. The van der Waals surface area contributed by atoms with Crippen LogP contribution in [-0.2, 0) is 27.7 Å². The Morgan fingerprint density at radius 2 is 1.60 bits per heavy atom. The lowest BCUT2D eigenvalue weighted by Crippen LogP contribution is -2.51. The predicted octanol–water partition coefficient (Wildman–Crippen LogP) is 2.10. The van der Waals surface area contributed by atoms with Crippen LogP contribution in [0.1, 0.15) is 17.5 Å². The molecule has 4 rings (SSSR count). The fraction of sp³-hybridized carbons (Fsp3) is 0.409. The zero-order valence-corrected chi connectivity index (χ0v) is 17.9. The van der Waals surface area contributed by atoms with Crippen LogP contribution in [-0.4, -0.2) is 63.4 Å². The van der Waals surface area contributed by atoms with Gasteiger partial charge in [0.05, 0.1) is 12.0 Å². The monoisotopic (exact) mass is 430 g/mol. The van der Waals surface area contributed by atoms with Crippen molar-refractivity contribution in [3.63, 3.8) is 0 Å². The summed E-state index contributed by atoms with van der Waals surface area (Å²) in [5.74, 6) is 1.19. The van der Waals surface area contributed by atoms with E-state index in [9.17, 15) is 13.2 Å². The third kappa shape index (κ3) is 4.29. The van der Waals surface area contributed by atoms with Gasteiger partial charge in [-0.25, -0.2) is 8.42 Å². The minimum absolute atomic E-state index is 0.0377. The topological polar surface area (TPSA) is 76.2 Å². The second-order valence-corrected chi connectivity index (χ2v) is 9.47. The van der Waals surface area contributed by atoms with Gasteiger partial charge in [-0.1, -0.05) is 6.07 Å². The van der Waals surface area contributed by atoms with Gasteiger partial charge in [-0.05, 0) is 66.8 Å². The van der Waals surface area contributed by atoms with E-state index in [-0.39, 0.29) is 30.5 Å². The van der Waals surface area contributed by atoms with Crippen molar-refractivity contribution in [1.29, 1.82) is 0 Å². The highest BCUT2D eigenvalue weighted by Gasteiger charge is 2.30. The molecule has 0 unspecified atom stereocenters. The molecule has 7 nitrogen and oxygen atoms in total. The Morgan fingerprint density at radius 1 is 0.933 bits per heavy atom. The molecule has 0 aromatic heterocycles. The Hall–Kier alpha value is -2.58. The first-order chi connectivity index (χ1) is 14.5. The molecule has 1 saturated heterocycles. The summed E-state index contributed by atoms with van der Waals surface area (Å²) in [4.78, 5) is 14.4. The number of fused-ring (bicyclic) bond motifs is 1. The predicted molar refractivity (Wildman–Crippen MR) is 112 cm³/mol. The van der Waals surface area contributed by atoms with E-state index in [1.807, 2.05) is 12.1 Å². The molecule has 0 atom stereocenters. The molecule has 1 aliphatic carbocycles. The summed E-state index contributed by atoms with van der Waals surface area (Å²) < 4.78 is 37.8. The van der Waals surface area contributed by atoms with E-state index in [2.05, 4.69) is 6.07 Å². The maximum Gasteiger partial charge on any atom is 0.260 e. The lowest BCUT2D eigenvalue weighted by Gasteiger charge is -2.34. The van der Waals surface area contributed by atoms with E-state index in [4.69, 9.17) is 9.47 Å². The van der Waals surface area contributed by atoms with E-state index < -0.39 is 10.0 Å². The minimum atomic E-state index is -3.59. The second-order valence-electron chi connectivity index (χ2n) is 7.53. The van der Waals surface area contributed by atoms with Crippen molar-refractivity contribution in [3.05, 3.63) is 53.6 Å². The molecule has 30 heavy (non-hydrogen) atoms. The molecule has 0 saturated carbocycles. The molecule has 160 valence electrons. The zero-order chi connectivity index (χ0) is 21.1. The lowest BCUT2D eigenvalue weighted by atomic mass is 10.1. The van der Waals surface area contributed by atoms with Crippen LogP contribution in [0.25, 0.3) is 0 Å². The minimum Gasteiger partial charge on any atom is -0.497 e. The average Bonchev–Trinajstić information content (AvgIpc) is 3.25. The summed E-state index contributed by atoms with van der Waals surface area (Å²) in [6.45, 7) is 1.19. The number of sulfonamides is 1. The van der Waals surface area contributed by atoms with E-state index >= 15 is 0 Å². The molecule has 0 bridgehead atoms. The maximum atomic E-state index is 12.8. The van der Waals surface area contributed by atoms with Crippen molar-refractivity contribution >= 4 is 15.9 Å². The summed E-state index contributed by atoms with van der Waals surface area (Å²) in [6, 6.07) is 12.3. The number of nitrogens with zero attached hydrogens (tertiary/aromatic N) is 2. The SMILES string of the molecule is COc1ccc(S(=O)(=O)N2CCN(C(=O)COc3ccc4c(c3)CCC4)CC2)cc1. The first-order valence-electron chi connectivity index (χ1n) is 10.1. The van der Waals surface area contributed by atoms with E-state index in [1.54, 1.807) is 17.0 Å². The van der Waals surface area contributed by atoms with Gasteiger partial charge in [-0.3, -0.25) is 4.79 Å². The molecule has 1 fully saturated rings. The lowest BCUT2D eigenvalue weighted by molar-refractivity contribution is -0.134. The van der Waals surface area contributed by atoms with Gasteiger partial charge in [0.2, 0.25) is 10.0 Å². The third-order valence-electron chi connectivity index (χ3n) is 5.72. The van der Waals surface area contributed by atoms with Gasteiger partial charge >= 0.3 is 0 Å². The van der Waals surface area contributed by atoms with Gasteiger partial charge < -0.3 is 14.4 Å². The number of amides is 1. The van der Waals surface area contributed by atoms with Gasteiger partial charge in [0, 0.05) is 26.2 Å². The molecule has 1 amide bonds. The summed E-state index contributed by atoms with van der Waals surface area (Å²) in [6.07, 6.45) is 3.34. The van der Waals surface area contributed by atoms with Gasteiger partial charge in [-0.2, -0.15) is 4.31 Å². The fourth-order valence-corrected chi connectivity index (χ4v) is 5.37. The molecular weight excluding hydrogens is 404 g/mol. The Balaban J connectivity index is 1.30. The summed E-state index contributed by atoms with van der Waals surface area (Å²) in [5, 5.41) is 0. The molecule has 0 spiro atoms. The van der Waals surface area contributed by atoms with Crippen molar-refractivity contribution < 1.29 is 22.7 Å². The van der Waals surface area contributed by atoms with Gasteiger partial charge in [0.15, 0.2) is 6.61 Å². The van der Waals surface area contributed by atoms with E-state index in [0.717, 1.165) is 12.8 Å². The average molecular weight is 431 g/mol. The number of hydrogen-bond donors (Lipinski definition) is 0. The highest BCUT2D eigenvalue weighted by atomic mass is 32.2. The fourth-order valence-electron chi connectivity index (χ4n) is 3.95. The van der Waals surface area contributed by atoms with Gasteiger partial charge in [-0.15, -0.1) is 0 Å². The first-order valence-corrected chi connectivity index (χ1v) is 11.6. The van der Waals surface area contributed by atoms with Gasteiger partial charge in [0.25, 0.3) is 5.91 Å². The van der Waals surface area contributed by atoms with Crippen LogP contribution in [0.15, 0.2) is 47.4 Å². The summed E-state index contributed by atoms with van der Waals surface area (Å²) in [7, 11) is -2.05. The number of carbonyl (C=O) groups is 1. The van der Waals surface area contributed by atoms with Crippen molar-refractivity contribution in [3.8, 4) is 11.5 Å². The largest absolute Gasteiger partial charge is 0.497 e. The maximum absolute atomic E-state index is 12.8. The van der Waals surface area contributed by atoms with Crippen molar-refractivity contribution in [2.75, 3.05) is 39.9 Å². The van der Waals surface area contributed by atoms with Crippen molar-refractivity contribution in [2.24, 2.45) is 0 Å². The number of aryl methyl sites for hydroxylation is 2. The van der Waals surface area contributed by atoms with Crippen LogP contribution >= 0.6 is 0 Å². The van der Waals surface area contributed by atoms with Crippen LogP contribution in [0.3, 0.4) is 0 Å². The van der Waals surface area contributed by atoms with Crippen LogP contribution in [0.5, 0.6) is 11.5 Å². The Bertz CT molecular complexity index is 1010. The number of rotatable bonds is 6. The second kappa shape index (κ2) is 8.65. The van der Waals surface area contributed by atoms with Crippen LogP contribution in [0.2, 0.25) is 0 Å². The van der Waals surface area contributed by atoms with Crippen LogP contribution in [0, 0.1) is 0 Å². The third-order valence-corrected chi connectivity index (χ3v) is 7.63. The molecule has 1 aliphatic heterocycles. The molecule has 0 N–H and O–H groups in total. The van der Waals surface area contributed by atoms with Crippen molar-refractivity contribution in [2.45, 2.75) is 24.2 Å². The molecule has 1 heterocycles. The zero-order valence-electron chi connectivity index (χ0n) is 17.0. The molecule has 2 aromatic carbocycles. The van der Waals surface area contributed by atoms with E-state index in [0.29, 0.717) is 24.6 Å². The highest BCUT2D eigenvalue weighted by molar-refractivity contribution is 7.89. The van der Waals surface area contributed by atoms with Crippen LogP contribution < -0.4 is 9.47 Å². The molecule has 0 radical (unpaired) electrons. The Morgan fingerprint density at radius 3 is 2.30 bits per heavy atom. The number of ether oxygens (including phenoxy) is 2. The highest BCUT2D eigenvalue weighted by Crippen LogP contribution is 2.26. The summed E-state index contributed by atoms with van der Waals surface area (Å²) >= 11 is 0. The number of piperazine rings is 1. The number of carbonyl (C=O) groups excluding carboxylic acids is 1. The standard InChI is InChI=1S/C22H26N2O5S/c1-28-19-7-9-21(10-8-19)30(26,27)24-13-11-23(12-14-24)22(25)16-29-20-6-5-17-3-2-4-18(17)15-20/h5-10,15H,2-4,11-14,16H2,1H3. The van der Waals surface area contributed by atoms with Gasteiger partial charge in [0.1, 0.15) is 11.5 Å². The van der Waals surface area contributed by atoms with E-state index in [1.165, 1.54) is 41.1 Å². The number of hydrogen-bond acceptors (Lipinski definition) is 5. The van der Waals surface area contributed by atoms with Crippen LogP contribution in [0.4, 0.5) is 0 Å². The molecule has 2 aromatic rings. The molecule has 2 aliphatic rings. The Kier molecular flexibility index (Phi) is 5.97. The van der Waals surface area contributed by atoms with Crippen molar-refractivity contribution in [1.82, 2.24) is 9.21 Å². The molecule has 8 heteroatoms. The summed E-state index contributed by atoms with van der Waals surface area (Å²) in [5.41, 5.74) is 2.67. The molecular formula is C22H26N2O5S. The smallest absolute Gasteiger partial charge is 0.260 e.